The molecule has 3 aromatic rings. The number of piperazine rings is 1. The average molecular weight is 494 g/mol. The first-order valence-electron chi connectivity index (χ1n) is 12.3. The molecule has 2 aromatic heterocycles. The minimum atomic E-state index is -0.539. The maximum atomic E-state index is 14.1. The summed E-state index contributed by atoms with van der Waals surface area (Å²) in [6.07, 6.45) is 6.15. The predicted octanol–water partition coefficient (Wildman–Crippen LogP) is 4.81. The number of carbonyl (C=O) groups is 1. The van der Waals surface area contributed by atoms with Crippen molar-refractivity contribution in [3.8, 4) is 5.69 Å². The smallest absolute Gasteiger partial charge is 0.410 e. The molecule has 0 bridgehead atoms. The summed E-state index contributed by atoms with van der Waals surface area (Å²) in [5.74, 6) is 0.510. The monoisotopic (exact) mass is 493 g/mol. The molecule has 1 fully saturated rings. The summed E-state index contributed by atoms with van der Waals surface area (Å²) in [6, 6.07) is 6.52. The van der Waals surface area contributed by atoms with Gasteiger partial charge in [0.15, 0.2) is 5.65 Å². The number of benzene rings is 1. The van der Waals surface area contributed by atoms with Crippen molar-refractivity contribution in [2.45, 2.75) is 45.8 Å². The van der Waals surface area contributed by atoms with E-state index in [0.29, 0.717) is 38.5 Å². The maximum Gasteiger partial charge on any atom is 0.410 e. The van der Waals surface area contributed by atoms with Gasteiger partial charge in [-0.25, -0.2) is 19.2 Å². The molecule has 0 radical (unpaired) electrons. The van der Waals surface area contributed by atoms with E-state index in [-0.39, 0.29) is 18.0 Å². The number of nitrogens with zero attached hydrogens (tertiary/aromatic N) is 5. The lowest BCUT2D eigenvalue weighted by atomic mass is 10.0. The van der Waals surface area contributed by atoms with Gasteiger partial charge in [0.2, 0.25) is 0 Å². The molecule has 1 aromatic carbocycles. The number of carbonyl (C=O) groups excluding carboxylic acids is 1. The highest BCUT2D eigenvalue weighted by Gasteiger charge is 2.32. The Kier molecular flexibility index (Phi) is 6.42. The number of halogens is 1. The summed E-state index contributed by atoms with van der Waals surface area (Å²) in [4.78, 5) is 26.0. The lowest BCUT2D eigenvalue weighted by molar-refractivity contribution is 0.0218. The van der Waals surface area contributed by atoms with Crippen LogP contribution in [-0.2, 0) is 9.47 Å². The third-order valence-electron chi connectivity index (χ3n) is 6.51. The van der Waals surface area contributed by atoms with Crippen molar-refractivity contribution in [3.63, 3.8) is 0 Å². The number of amides is 1. The van der Waals surface area contributed by atoms with Crippen LogP contribution >= 0.6 is 0 Å². The van der Waals surface area contributed by atoms with Gasteiger partial charge in [-0.05, 0) is 57.9 Å². The molecule has 4 heterocycles. The molecule has 36 heavy (non-hydrogen) atoms. The van der Waals surface area contributed by atoms with Crippen LogP contribution in [-0.4, -0.2) is 70.0 Å². The topological polar surface area (TPSA) is 72.7 Å². The van der Waals surface area contributed by atoms with Crippen LogP contribution in [0.1, 0.15) is 39.7 Å². The summed E-state index contributed by atoms with van der Waals surface area (Å²) in [5.41, 5.74) is 3.07. The fourth-order valence-corrected chi connectivity index (χ4v) is 4.87. The Morgan fingerprint density at radius 3 is 2.75 bits per heavy atom. The van der Waals surface area contributed by atoms with Crippen LogP contribution in [0.2, 0.25) is 0 Å². The van der Waals surface area contributed by atoms with E-state index < -0.39 is 5.60 Å². The molecular weight excluding hydrogens is 461 g/mol. The fraction of sp³-hybridized carbons (Fsp3) is 0.444. The Bertz CT molecular complexity index is 1310. The van der Waals surface area contributed by atoms with Crippen LogP contribution in [0.3, 0.4) is 0 Å². The molecule has 0 N–H and O–H groups in total. The first-order valence-corrected chi connectivity index (χ1v) is 12.3. The molecule has 190 valence electrons. The van der Waals surface area contributed by atoms with E-state index in [0.717, 1.165) is 34.4 Å². The van der Waals surface area contributed by atoms with Gasteiger partial charge in [0.1, 0.15) is 23.6 Å². The Hall–Kier alpha value is -3.46. The fourth-order valence-electron chi connectivity index (χ4n) is 4.87. The lowest BCUT2D eigenvalue weighted by Gasteiger charge is -2.41. The minimum Gasteiger partial charge on any atom is -0.444 e. The molecular formula is C27H32FN5O3. The van der Waals surface area contributed by atoms with Crippen molar-refractivity contribution < 1.29 is 18.7 Å². The van der Waals surface area contributed by atoms with Crippen LogP contribution in [0.4, 0.5) is 15.0 Å². The number of hydrogen-bond donors (Lipinski definition) is 0. The highest BCUT2D eigenvalue weighted by Crippen LogP contribution is 2.37. The Morgan fingerprint density at radius 1 is 1.22 bits per heavy atom. The molecule has 1 atom stereocenters. The number of fused-ring (bicyclic) bond motifs is 1. The van der Waals surface area contributed by atoms with Crippen molar-refractivity contribution in [3.05, 3.63) is 54.2 Å². The molecule has 1 saturated heterocycles. The van der Waals surface area contributed by atoms with Crippen LogP contribution < -0.4 is 4.90 Å². The highest BCUT2D eigenvalue weighted by molar-refractivity contribution is 5.99. The van der Waals surface area contributed by atoms with Crippen LogP contribution in [0.25, 0.3) is 22.3 Å². The third kappa shape index (κ3) is 4.80. The summed E-state index contributed by atoms with van der Waals surface area (Å²) >= 11 is 0. The minimum absolute atomic E-state index is 0.0124. The summed E-state index contributed by atoms with van der Waals surface area (Å²) in [6.45, 7) is 10.6. The van der Waals surface area contributed by atoms with Gasteiger partial charge in [-0.1, -0.05) is 12.1 Å². The molecule has 2 aliphatic rings. The van der Waals surface area contributed by atoms with Crippen LogP contribution in [0.5, 0.6) is 0 Å². The van der Waals surface area contributed by atoms with Crippen LogP contribution in [0, 0.1) is 5.82 Å². The molecule has 1 amide bonds. The van der Waals surface area contributed by atoms with E-state index in [1.54, 1.807) is 17.3 Å². The normalized spacial score (nSPS) is 18.9. The number of aromatic nitrogens is 3. The average Bonchev–Trinajstić information content (AvgIpc) is 3.24. The number of anilines is 1. The summed E-state index contributed by atoms with van der Waals surface area (Å²) < 4.78 is 27.2. The van der Waals surface area contributed by atoms with Crippen molar-refractivity contribution >= 4 is 28.5 Å². The van der Waals surface area contributed by atoms with Crippen molar-refractivity contribution in [1.29, 1.82) is 0 Å². The third-order valence-corrected chi connectivity index (χ3v) is 6.51. The second-order valence-corrected chi connectivity index (χ2v) is 10.3. The lowest BCUT2D eigenvalue weighted by Crippen LogP contribution is -2.54. The van der Waals surface area contributed by atoms with Crippen molar-refractivity contribution in [1.82, 2.24) is 19.4 Å². The zero-order valence-corrected chi connectivity index (χ0v) is 21.2. The Morgan fingerprint density at radius 2 is 2.06 bits per heavy atom. The van der Waals surface area contributed by atoms with E-state index in [1.165, 1.54) is 12.1 Å². The Labute approximate surface area is 210 Å². The molecule has 0 aliphatic carbocycles. The van der Waals surface area contributed by atoms with Crippen LogP contribution in [0.15, 0.2) is 42.9 Å². The zero-order valence-electron chi connectivity index (χ0n) is 21.2. The molecule has 5 rings (SSSR count). The van der Waals surface area contributed by atoms with E-state index in [4.69, 9.17) is 14.5 Å². The van der Waals surface area contributed by atoms with Crippen molar-refractivity contribution in [2.75, 3.05) is 37.7 Å². The maximum absolute atomic E-state index is 14.1. The zero-order chi connectivity index (χ0) is 25.4. The van der Waals surface area contributed by atoms with Gasteiger partial charge < -0.3 is 23.8 Å². The molecule has 9 heteroatoms. The van der Waals surface area contributed by atoms with E-state index in [1.807, 2.05) is 37.6 Å². The van der Waals surface area contributed by atoms with Gasteiger partial charge >= 0.3 is 6.09 Å². The molecule has 2 aliphatic heterocycles. The first kappa shape index (κ1) is 24.2. The largest absolute Gasteiger partial charge is 0.444 e. The van der Waals surface area contributed by atoms with E-state index >= 15 is 0 Å². The first-order chi connectivity index (χ1) is 17.2. The van der Waals surface area contributed by atoms with E-state index in [9.17, 15) is 9.18 Å². The molecule has 8 nitrogen and oxygen atoms in total. The van der Waals surface area contributed by atoms with E-state index in [2.05, 4.69) is 22.9 Å². The van der Waals surface area contributed by atoms with Gasteiger partial charge in [0.05, 0.1) is 18.6 Å². The molecule has 0 spiro atoms. The van der Waals surface area contributed by atoms with Gasteiger partial charge in [-0.3, -0.25) is 0 Å². The predicted molar refractivity (Wildman–Crippen MR) is 137 cm³/mol. The summed E-state index contributed by atoms with van der Waals surface area (Å²) in [5, 5.41) is 0.924. The summed E-state index contributed by atoms with van der Waals surface area (Å²) in [7, 11) is 0. The van der Waals surface area contributed by atoms with Gasteiger partial charge in [0, 0.05) is 43.1 Å². The number of rotatable bonds is 3. The van der Waals surface area contributed by atoms with Crippen molar-refractivity contribution in [2.24, 2.45) is 0 Å². The van der Waals surface area contributed by atoms with Gasteiger partial charge in [0.25, 0.3) is 0 Å². The van der Waals surface area contributed by atoms with Gasteiger partial charge in [-0.2, -0.15) is 0 Å². The standard InChI is InChI=1S/C27H32FN5O3/c1-18-15-31(26(34)36-27(2,3)4)10-11-32(18)24-23-22(19-8-12-35-13-9-19)16-33(25(23)30-17-29-24)21-7-5-6-20(28)14-21/h5-8,14,16-18H,9-13,15H2,1-4H3/t18-/m1/s1. The molecule has 0 unspecified atom stereocenters. The Balaban J connectivity index is 1.56. The number of hydrogen-bond acceptors (Lipinski definition) is 6. The second-order valence-electron chi connectivity index (χ2n) is 10.3. The second kappa shape index (κ2) is 9.54. The SMILES string of the molecule is C[C@@H]1CN(C(=O)OC(C)(C)C)CCN1c1ncnc2c1c(C1=CCOCC1)cn2-c1cccc(F)c1. The number of ether oxygens (including phenoxy) is 2. The highest BCUT2D eigenvalue weighted by atomic mass is 19.1. The quantitative estimate of drug-likeness (QED) is 0.522. The van der Waals surface area contributed by atoms with Gasteiger partial charge in [-0.15, -0.1) is 0 Å². The molecule has 0 saturated carbocycles.